The van der Waals surface area contributed by atoms with E-state index in [1.807, 2.05) is 34.9 Å². The molecule has 0 spiro atoms. The summed E-state index contributed by atoms with van der Waals surface area (Å²) in [7, 11) is 3.23. The Balaban J connectivity index is 1.87. The molecule has 4 rings (SSSR count). The summed E-state index contributed by atoms with van der Waals surface area (Å²) in [5, 5.41) is 9.76. The van der Waals surface area contributed by atoms with Gasteiger partial charge >= 0.3 is 0 Å². The van der Waals surface area contributed by atoms with Crippen molar-refractivity contribution in [3.8, 4) is 39.8 Å². The van der Waals surface area contributed by atoms with Crippen LogP contribution in [-0.2, 0) is 0 Å². The van der Waals surface area contributed by atoms with Crippen molar-refractivity contribution in [3.05, 3.63) is 61.1 Å². The molecule has 0 bridgehead atoms. The lowest BCUT2D eigenvalue weighted by Gasteiger charge is -2.09. The quantitative estimate of drug-likeness (QED) is 0.608. The first kappa shape index (κ1) is 16.0. The molecule has 0 aliphatic rings. The van der Waals surface area contributed by atoms with E-state index in [0.717, 1.165) is 28.2 Å². The second kappa shape index (κ2) is 6.40. The number of ether oxygens (including phenoxy) is 2. The molecule has 6 heteroatoms. The fraction of sp³-hybridized carbons (Fsp3) is 0.100. The third kappa shape index (κ3) is 2.82. The molecule has 0 amide bonds. The summed E-state index contributed by atoms with van der Waals surface area (Å²) in [4.78, 5) is 8.91. The number of phenolic OH excluding ortho intramolecular Hbond substituents is 1. The SMILES string of the molecule is COc1cc(OC)cc(-c2cn3c(-c4cccc(O)c4)cnc3cn2)c1. The molecule has 1 N–H and O–H groups in total. The third-order valence-electron chi connectivity index (χ3n) is 4.19. The average molecular weight is 347 g/mol. The van der Waals surface area contributed by atoms with Gasteiger partial charge in [-0.05, 0) is 24.3 Å². The van der Waals surface area contributed by atoms with E-state index >= 15 is 0 Å². The van der Waals surface area contributed by atoms with Crippen LogP contribution in [0.5, 0.6) is 17.2 Å². The molecule has 0 aliphatic heterocycles. The van der Waals surface area contributed by atoms with Crippen molar-refractivity contribution in [1.29, 1.82) is 0 Å². The van der Waals surface area contributed by atoms with Gasteiger partial charge in [-0.25, -0.2) is 4.98 Å². The van der Waals surface area contributed by atoms with E-state index in [1.54, 1.807) is 44.8 Å². The lowest BCUT2D eigenvalue weighted by Crippen LogP contribution is -1.94. The van der Waals surface area contributed by atoms with Crippen LogP contribution in [0.2, 0.25) is 0 Å². The van der Waals surface area contributed by atoms with Gasteiger partial charge in [-0.1, -0.05) is 12.1 Å². The summed E-state index contributed by atoms with van der Waals surface area (Å²) in [6.07, 6.45) is 5.39. The van der Waals surface area contributed by atoms with Crippen molar-refractivity contribution >= 4 is 5.65 Å². The predicted molar refractivity (Wildman–Crippen MR) is 98.6 cm³/mol. The highest BCUT2D eigenvalue weighted by Gasteiger charge is 2.11. The molecule has 4 aromatic rings. The van der Waals surface area contributed by atoms with Gasteiger partial charge in [-0.3, -0.25) is 9.38 Å². The van der Waals surface area contributed by atoms with Crippen LogP contribution in [0.3, 0.4) is 0 Å². The van der Waals surface area contributed by atoms with Crippen molar-refractivity contribution in [3.63, 3.8) is 0 Å². The van der Waals surface area contributed by atoms with Crippen molar-refractivity contribution < 1.29 is 14.6 Å². The Hall–Kier alpha value is -3.54. The highest BCUT2D eigenvalue weighted by atomic mass is 16.5. The number of aromatic hydroxyl groups is 1. The molecule has 0 radical (unpaired) electrons. The molecule has 0 aliphatic carbocycles. The Bertz CT molecular complexity index is 1070. The summed E-state index contributed by atoms with van der Waals surface area (Å²) in [6, 6.07) is 12.7. The van der Waals surface area contributed by atoms with Crippen molar-refractivity contribution in [2.75, 3.05) is 14.2 Å². The van der Waals surface area contributed by atoms with Crippen molar-refractivity contribution in [2.24, 2.45) is 0 Å². The van der Waals surface area contributed by atoms with Gasteiger partial charge in [0.15, 0.2) is 5.65 Å². The van der Waals surface area contributed by atoms with Crippen LogP contribution in [0.25, 0.3) is 28.2 Å². The molecule has 0 atom stereocenters. The van der Waals surface area contributed by atoms with E-state index in [1.165, 1.54) is 0 Å². The van der Waals surface area contributed by atoms with E-state index in [9.17, 15) is 5.11 Å². The van der Waals surface area contributed by atoms with Crippen LogP contribution in [-0.4, -0.2) is 33.7 Å². The number of fused-ring (bicyclic) bond motifs is 1. The maximum Gasteiger partial charge on any atom is 0.155 e. The smallest absolute Gasteiger partial charge is 0.155 e. The summed E-state index contributed by atoms with van der Waals surface area (Å²) in [6.45, 7) is 0. The molecule has 6 nitrogen and oxygen atoms in total. The number of phenols is 1. The Morgan fingerprint density at radius 3 is 2.35 bits per heavy atom. The highest BCUT2D eigenvalue weighted by Crippen LogP contribution is 2.30. The lowest BCUT2D eigenvalue weighted by atomic mass is 10.1. The second-order valence-corrected chi connectivity index (χ2v) is 5.80. The average Bonchev–Trinajstić information content (AvgIpc) is 3.10. The van der Waals surface area contributed by atoms with Crippen LogP contribution in [0.1, 0.15) is 0 Å². The summed E-state index contributed by atoms with van der Waals surface area (Å²) in [5.41, 5.74) is 4.10. The Morgan fingerprint density at radius 2 is 1.65 bits per heavy atom. The first-order chi connectivity index (χ1) is 12.7. The fourth-order valence-electron chi connectivity index (χ4n) is 2.87. The van der Waals surface area contributed by atoms with E-state index in [-0.39, 0.29) is 5.75 Å². The van der Waals surface area contributed by atoms with Crippen LogP contribution in [0.15, 0.2) is 61.1 Å². The first-order valence-corrected chi connectivity index (χ1v) is 8.04. The van der Waals surface area contributed by atoms with E-state index < -0.39 is 0 Å². The molecule has 0 fully saturated rings. The number of nitrogens with zero attached hydrogens (tertiary/aromatic N) is 3. The van der Waals surface area contributed by atoms with E-state index in [2.05, 4.69) is 9.97 Å². The lowest BCUT2D eigenvalue weighted by molar-refractivity contribution is 0.394. The maximum absolute atomic E-state index is 9.76. The Labute approximate surface area is 150 Å². The van der Waals surface area contributed by atoms with Crippen molar-refractivity contribution in [2.45, 2.75) is 0 Å². The topological polar surface area (TPSA) is 68.9 Å². The highest BCUT2D eigenvalue weighted by molar-refractivity contribution is 5.68. The van der Waals surface area contributed by atoms with Gasteiger partial charge in [0.1, 0.15) is 17.2 Å². The minimum atomic E-state index is 0.212. The summed E-state index contributed by atoms with van der Waals surface area (Å²) < 4.78 is 12.6. The van der Waals surface area contributed by atoms with Crippen molar-refractivity contribution in [1.82, 2.24) is 14.4 Å². The molecule has 26 heavy (non-hydrogen) atoms. The largest absolute Gasteiger partial charge is 0.508 e. The van der Waals surface area contributed by atoms with Gasteiger partial charge in [0, 0.05) is 23.4 Å². The zero-order chi connectivity index (χ0) is 18.1. The molecule has 2 aromatic carbocycles. The van der Waals surface area contributed by atoms with E-state index in [4.69, 9.17) is 9.47 Å². The molecule has 2 heterocycles. The number of aromatic nitrogens is 3. The number of methoxy groups -OCH3 is 2. The molecular weight excluding hydrogens is 330 g/mol. The van der Waals surface area contributed by atoms with Gasteiger partial charge in [0.2, 0.25) is 0 Å². The van der Waals surface area contributed by atoms with Crippen LogP contribution in [0, 0.1) is 0 Å². The first-order valence-electron chi connectivity index (χ1n) is 8.04. The molecule has 0 saturated carbocycles. The molecule has 0 saturated heterocycles. The number of rotatable bonds is 4. The van der Waals surface area contributed by atoms with Crippen LogP contribution < -0.4 is 9.47 Å². The number of hydrogen-bond donors (Lipinski definition) is 1. The fourth-order valence-corrected chi connectivity index (χ4v) is 2.87. The zero-order valence-corrected chi connectivity index (χ0v) is 14.4. The van der Waals surface area contributed by atoms with Gasteiger partial charge in [0.05, 0.1) is 38.0 Å². The maximum atomic E-state index is 9.76. The van der Waals surface area contributed by atoms with Gasteiger partial charge in [-0.2, -0.15) is 0 Å². The number of imidazole rings is 1. The van der Waals surface area contributed by atoms with Gasteiger partial charge < -0.3 is 14.6 Å². The normalized spacial score (nSPS) is 10.8. The summed E-state index contributed by atoms with van der Waals surface area (Å²) >= 11 is 0. The monoisotopic (exact) mass is 347 g/mol. The van der Waals surface area contributed by atoms with Crippen LogP contribution >= 0.6 is 0 Å². The standard InChI is InChI=1S/C20H17N3O3/c1-25-16-7-14(8-17(9-16)26-2)18-12-23-19(10-22-20(23)11-21-18)13-4-3-5-15(24)6-13/h3-12,24H,1-2H3. The molecule has 2 aromatic heterocycles. The molecular formula is C20H17N3O3. The number of benzene rings is 2. The number of hydrogen-bond acceptors (Lipinski definition) is 5. The molecule has 130 valence electrons. The predicted octanol–water partition coefficient (Wildman–Crippen LogP) is 3.79. The minimum absolute atomic E-state index is 0.212. The van der Waals surface area contributed by atoms with Crippen LogP contribution in [0.4, 0.5) is 0 Å². The van der Waals surface area contributed by atoms with Gasteiger partial charge in [-0.15, -0.1) is 0 Å². The zero-order valence-electron chi connectivity index (χ0n) is 14.4. The Morgan fingerprint density at radius 1 is 0.885 bits per heavy atom. The minimum Gasteiger partial charge on any atom is -0.508 e. The third-order valence-corrected chi connectivity index (χ3v) is 4.19. The summed E-state index contributed by atoms with van der Waals surface area (Å²) in [5.74, 6) is 1.60. The molecule has 0 unspecified atom stereocenters. The Kier molecular flexibility index (Phi) is 3.93. The second-order valence-electron chi connectivity index (χ2n) is 5.80. The van der Waals surface area contributed by atoms with E-state index in [0.29, 0.717) is 11.5 Å². The van der Waals surface area contributed by atoms with Gasteiger partial charge in [0.25, 0.3) is 0 Å².